The van der Waals surface area contributed by atoms with Crippen molar-refractivity contribution >= 4 is 12.1 Å². The van der Waals surface area contributed by atoms with Crippen LogP contribution in [0.15, 0.2) is 115 Å². The summed E-state index contributed by atoms with van der Waals surface area (Å²) in [5.74, 6) is -0.788. The number of benzene rings is 4. The van der Waals surface area contributed by atoms with Crippen LogP contribution in [-0.4, -0.2) is 71.8 Å². The topological polar surface area (TPSA) is 113 Å². The van der Waals surface area contributed by atoms with Gasteiger partial charge in [0.1, 0.15) is 23.6 Å². The SMILES string of the molecule is CCOC(=O)CC(O)[C@@H]1[C@@H](OCc2ccccc2)[C@H](OCc2ccccc2)[C@H](OCc2ccccc2)[C@H]1N(Cc1ccc(OC)cc1)C(=O)OC(C)(C)C. The molecule has 4 aromatic rings. The van der Waals surface area contributed by atoms with Crippen LogP contribution in [0.5, 0.6) is 5.75 Å². The van der Waals surface area contributed by atoms with Crippen LogP contribution in [0.4, 0.5) is 4.79 Å². The molecular weight excluding hydrogens is 686 g/mol. The van der Waals surface area contributed by atoms with Gasteiger partial charge in [-0.1, -0.05) is 103 Å². The number of ether oxygens (including phenoxy) is 6. The quantitative estimate of drug-likeness (QED) is 0.110. The maximum Gasteiger partial charge on any atom is 0.410 e. The molecule has 10 heteroatoms. The predicted octanol–water partition coefficient (Wildman–Crippen LogP) is 7.50. The highest BCUT2D eigenvalue weighted by atomic mass is 16.6. The van der Waals surface area contributed by atoms with Crippen molar-refractivity contribution in [1.29, 1.82) is 0 Å². The molecule has 0 radical (unpaired) electrons. The third-order valence-corrected chi connectivity index (χ3v) is 9.24. The molecule has 5 rings (SSSR count). The third-order valence-electron chi connectivity index (χ3n) is 9.24. The smallest absolute Gasteiger partial charge is 0.410 e. The van der Waals surface area contributed by atoms with Gasteiger partial charge in [-0.3, -0.25) is 9.69 Å². The number of hydrogen-bond donors (Lipinski definition) is 1. The van der Waals surface area contributed by atoms with Gasteiger partial charge in [-0.2, -0.15) is 0 Å². The summed E-state index contributed by atoms with van der Waals surface area (Å²) in [6.45, 7) is 7.95. The second-order valence-corrected chi connectivity index (χ2v) is 14.4. The van der Waals surface area contributed by atoms with Crippen LogP contribution in [0.1, 0.15) is 56.4 Å². The highest BCUT2D eigenvalue weighted by Crippen LogP contribution is 2.42. The normalized spacial score (nSPS) is 20.2. The fourth-order valence-electron chi connectivity index (χ4n) is 6.80. The van der Waals surface area contributed by atoms with Gasteiger partial charge in [-0.15, -0.1) is 0 Å². The maximum atomic E-state index is 14.5. The fraction of sp³-hybridized carbons (Fsp3) is 0.409. The third kappa shape index (κ3) is 11.4. The Hall–Kier alpha value is -4.74. The van der Waals surface area contributed by atoms with E-state index < -0.39 is 54.0 Å². The lowest BCUT2D eigenvalue weighted by Gasteiger charge is -2.39. The summed E-state index contributed by atoms with van der Waals surface area (Å²) in [7, 11) is 1.59. The largest absolute Gasteiger partial charge is 0.497 e. The first-order valence-electron chi connectivity index (χ1n) is 18.5. The zero-order valence-electron chi connectivity index (χ0n) is 31.8. The number of nitrogens with zero attached hydrogens (tertiary/aromatic N) is 1. The van der Waals surface area contributed by atoms with E-state index in [1.54, 1.807) is 39.7 Å². The van der Waals surface area contributed by atoms with Crippen molar-refractivity contribution in [3.63, 3.8) is 0 Å². The van der Waals surface area contributed by atoms with Gasteiger partial charge in [-0.25, -0.2) is 4.79 Å². The molecule has 4 aromatic carbocycles. The van der Waals surface area contributed by atoms with Crippen molar-refractivity contribution < 1.29 is 43.1 Å². The Kier molecular flexibility index (Phi) is 14.6. The molecule has 0 aromatic heterocycles. The minimum absolute atomic E-state index is 0.0915. The number of aliphatic hydroxyl groups is 1. The number of methoxy groups -OCH3 is 1. The highest BCUT2D eigenvalue weighted by Gasteiger charge is 2.59. The number of aliphatic hydroxyl groups excluding tert-OH is 1. The summed E-state index contributed by atoms with van der Waals surface area (Å²) in [6.07, 6.45) is -4.75. The molecule has 0 spiro atoms. The Morgan fingerprint density at radius 2 is 1.17 bits per heavy atom. The summed E-state index contributed by atoms with van der Waals surface area (Å²) >= 11 is 0. The molecule has 1 saturated carbocycles. The predicted molar refractivity (Wildman–Crippen MR) is 204 cm³/mol. The fourth-order valence-corrected chi connectivity index (χ4v) is 6.80. The lowest BCUT2D eigenvalue weighted by Crippen LogP contribution is -2.53. The molecule has 288 valence electrons. The van der Waals surface area contributed by atoms with Gasteiger partial charge in [0.2, 0.25) is 0 Å². The van der Waals surface area contributed by atoms with E-state index in [4.69, 9.17) is 28.4 Å². The van der Waals surface area contributed by atoms with Crippen LogP contribution in [0.25, 0.3) is 0 Å². The van der Waals surface area contributed by atoms with Gasteiger partial charge in [0.05, 0.1) is 58.2 Å². The maximum absolute atomic E-state index is 14.5. The van der Waals surface area contributed by atoms with E-state index in [1.807, 2.05) is 115 Å². The van der Waals surface area contributed by atoms with E-state index >= 15 is 0 Å². The average Bonchev–Trinajstić information content (AvgIpc) is 3.47. The average molecular weight is 740 g/mol. The minimum atomic E-state index is -1.32. The van der Waals surface area contributed by atoms with Crippen LogP contribution >= 0.6 is 0 Å². The van der Waals surface area contributed by atoms with E-state index in [0.29, 0.717) is 5.75 Å². The minimum Gasteiger partial charge on any atom is -0.497 e. The molecule has 54 heavy (non-hydrogen) atoms. The molecule has 0 aliphatic heterocycles. The summed E-state index contributed by atoms with van der Waals surface area (Å²) in [5.41, 5.74) is 2.69. The summed E-state index contributed by atoms with van der Waals surface area (Å²) in [4.78, 5) is 29.1. The number of carbonyl (C=O) groups is 2. The van der Waals surface area contributed by atoms with Crippen LogP contribution in [0.2, 0.25) is 0 Å². The molecule has 1 amide bonds. The number of amides is 1. The van der Waals surface area contributed by atoms with E-state index in [1.165, 1.54) is 0 Å². The van der Waals surface area contributed by atoms with Gasteiger partial charge in [-0.05, 0) is 62.1 Å². The standard InChI is InChI=1S/C44H53NO9/c1-6-50-37(47)26-36(46)38-39(45(43(48)54-44(2,3)4)27-31-22-24-35(49-5)25-23-31)41(52-29-33-18-12-8-13-19-33)42(53-30-34-20-14-9-15-21-34)40(38)51-28-32-16-10-7-11-17-32/h7-25,36,38-42,46H,6,26-30H2,1-5H3/t36?,38-,39-,40+,41+,42-/m0/s1. The monoisotopic (exact) mass is 739 g/mol. The molecule has 6 atom stereocenters. The Morgan fingerprint density at radius 3 is 1.63 bits per heavy atom. The Bertz CT molecular complexity index is 1710. The zero-order chi connectivity index (χ0) is 38.5. The van der Waals surface area contributed by atoms with Crippen LogP contribution in [-0.2, 0) is 54.8 Å². The molecule has 0 saturated heterocycles. The van der Waals surface area contributed by atoms with Gasteiger partial charge in [0, 0.05) is 12.5 Å². The van der Waals surface area contributed by atoms with Gasteiger partial charge in [0.15, 0.2) is 0 Å². The molecular formula is C44H53NO9. The molecule has 1 aliphatic rings. The first-order valence-corrected chi connectivity index (χ1v) is 18.5. The molecule has 1 unspecified atom stereocenters. The number of carbonyl (C=O) groups excluding carboxylic acids is 2. The highest BCUT2D eigenvalue weighted by molar-refractivity contribution is 5.70. The molecule has 0 heterocycles. The van der Waals surface area contributed by atoms with E-state index in [-0.39, 0.29) is 39.4 Å². The van der Waals surface area contributed by atoms with Gasteiger partial charge >= 0.3 is 12.1 Å². The first-order chi connectivity index (χ1) is 26.1. The second-order valence-electron chi connectivity index (χ2n) is 14.4. The number of hydrogen-bond acceptors (Lipinski definition) is 9. The van der Waals surface area contributed by atoms with Crippen LogP contribution in [0, 0.1) is 5.92 Å². The Balaban J connectivity index is 1.65. The molecule has 10 nitrogen and oxygen atoms in total. The second kappa shape index (κ2) is 19.5. The van der Waals surface area contributed by atoms with Gasteiger partial charge < -0.3 is 33.5 Å². The zero-order valence-corrected chi connectivity index (χ0v) is 31.8. The molecule has 1 N–H and O–H groups in total. The van der Waals surface area contributed by atoms with Crippen LogP contribution in [0.3, 0.4) is 0 Å². The number of rotatable bonds is 17. The van der Waals surface area contributed by atoms with Crippen molar-refractivity contribution in [3.8, 4) is 5.75 Å². The van der Waals surface area contributed by atoms with E-state index in [9.17, 15) is 14.7 Å². The summed E-state index contributed by atoms with van der Waals surface area (Å²) < 4.78 is 37.2. The molecule has 1 fully saturated rings. The number of esters is 1. The Morgan fingerprint density at radius 1 is 0.685 bits per heavy atom. The van der Waals surface area contributed by atoms with Crippen molar-refractivity contribution in [1.82, 2.24) is 4.90 Å². The van der Waals surface area contributed by atoms with Crippen molar-refractivity contribution in [2.75, 3.05) is 13.7 Å². The van der Waals surface area contributed by atoms with Crippen molar-refractivity contribution in [3.05, 3.63) is 138 Å². The van der Waals surface area contributed by atoms with Crippen LogP contribution < -0.4 is 4.74 Å². The molecule has 0 bridgehead atoms. The lowest BCUT2D eigenvalue weighted by atomic mass is 9.90. The van der Waals surface area contributed by atoms with Crippen molar-refractivity contribution in [2.24, 2.45) is 5.92 Å². The summed E-state index contributed by atoms with van der Waals surface area (Å²) in [5, 5.41) is 12.2. The molecule has 1 aliphatic carbocycles. The van der Waals surface area contributed by atoms with Crippen molar-refractivity contribution in [2.45, 2.75) is 96.5 Å². The van der Waals surface area contributed by atoms with E-state index in [0.717, 1.165) is 22.3 Å². The van der Waals surface area contributed by atoms with E-state index in [2.05, 4.69) is 0 Å². The lowest BCUT2D eigenvalue weighted by molar-refractivity contribution is -0.149. The van der Waals surface area contributed by atoms with Gasteiger partial charge in [0.25, 0.3) is 0 Å². The summed E-state index contributed by atoms with van der Waals surface area (Å²) in [6, 6.07) is 35.7. The first kappa shape index (κ1) is 40.4. The Labute approximate surface area is 318 Å².